The molecule has 148 valence electrons. The Kier molecular flexibility index (Phi) is 7.26. The number of amides is 2. The van der Waals surface area contributed by atoms with Gasteiger partial charge in [0, 0.05) is 26.2 Å². The molecule has 27 heavy (non-hydrogen) atoms. The van der Waals surface area contributed by atoms with E-state index in [-0.39, 0.29) is 30.3 Å². The van der Waals surface area contributed by atoms with Crippen LogP contribution >= 0.6 is 11.3 Å². The first-order valence-electron chi connectivity index (χ1n) is 9.92. The molecule has 0 aliphatic carbocycles. The third kappa shape index (κ3) is 5.54. The van der Waals surface area contributed by atoms with Crippen LogP contribution in [0.1, 0.15) is 54.6 Å². The van der Waals surface area contributed by atoms with Gasteiger partial charge in [-0.1, -0.05) is 25.3 Å². The van der Waals surface area contributed by atoms with Crippen LogP contribution < -0.4 is 0 Å². The van der Waals surface area contributed by atoms with Gasteiger partial charge < -0.3 is 14.5 Å². The molecule has 1 aromatic heterocycles. The summed E-state index contributed by atoms with van der Waals surface area (Å²) < 4.78 is 5.32. The summed E-state index contributed by atoms with van der Waals surface area (Å²) in [5, 5.41) is 1.87. The Hall–Kier alpha value is -1.89. The second-order valence-corrected chi connectivity index (χ2v) is 8.27. The monoisotopic (exact) mass is 392 g/mol. The minimum absolute atomic E-state index is 0.0285. The molecule has 2 fully saturated rings. The lowest BCUT2D eigenvalue weighted by Gasteiger charge is -2.31. The minimum atomic E-state index is -0.362. The Bertz CT molecular complexity index is 638. The number of piperidine rings is 1. The van der Waals surface area contributed by atoms with Crippen molar-refractivity contribution < 1.29 is 19.1 Å². The van der Waals surface area contributed by atoms with E-state index in [1.165, 1.54) is 17.8 Å². The highest BCUT2D eigenvalue weighted by Gasteiger charge is 2.31. The molecule has 0 saturated carbocycles. The Morgan fingerprint density at radius 3 is 2.41 bits per heavy atom. The van der Waals surface area contributed by atoms with E-state index in [4.69, 9.17) is 4.74 Å². The number of esters is 1. The fraction of sp³-hybridized carbons (Fsp3) is 0.650. The lowest BCUT2D eigenvalue weighted by atomic mass is 9.98. The van der Waals surface area contributed by atoms with Gasteiger partial charge in [0.05, 0.1) is 10.8 Å². The van der Waals surface area contributed by atoms with E-state index in [1.807, 2.05) is 16.3 Å². The van der Waals surface area contributed by atoms with Crippen molar-refractivity contribution in [1.82, 2.24) is 9.80 Å². The number of nitrogens with zero attached hydrogens (tertiary/aromatic N) is 2. The number of hydrogen-bond donors (Lipinski definition) is 0. The summed E-state index contributed by atoms with van der Waals surface area (Å²) in [6, 6.07) is 3.65. The second-order valence-electron chi connectivity index (χ2n) is 7.32. The Balaban J connectivity index is 1.47. The SMILES string of the molecule is O=C(OCC(=O)N1CCCCCCC1)C1CCCN(C(=O)c2cccs2)C1. The third-order valence-electron chi connectivity index (χ3n) is 5.32. The number of thiophene rings is 1. The van der Waals surface area contributed by atoms with Crippen LogP contribution in [0.5, 0.6) is 0 Å². The third-order valence-corrected chi connectivity index (χ3v) is 6.18. The standard InChI is InChI=1S/C20H28N2O4S/c23-18(21-10-4-2-1-3-5-11-21)15-26-20(25)16-8-6-12-22(14-16)19(24)17-9-7-13-27-17/h7,9,13,16H,1-6,8,10-12,14-15H2. The van der Waals surface area contributed by atoms with Gasteiger partial charge in [-0.2, -0.15) is 0 Å². The first kappa shape index (κ1) is 19.9. The molecule has 0 aromatic carbocycles. The van der Waals surface area contributed by atoms with Gasteiger partial charge in [-0.05, 0) is 37.1 Å². The van der Waals surface area contributed by atoms with Gasteiger partial charge in [-0.3, -0.25) is 14.4 Å². The summed E-state index contributed by atoms with van der Waals surface area (Å²) in [7, 11) is 0. The largest absolute Gasteiger partial charge is 0.455 e. The Morgan fingerprint density at radius 2 is 1.70 bits per heavy atom. The molecule has 0 radical (unpaired) electrons. The molecule has 3 heterocycles. The molecular formula is C20H28N2O4S. The van der Waals surface area contributed by atoms with Crippen LogP contribution in [0, 0.1) is 5.92 Å². The maximum Gasteiger partial charge on any atom is 0.311 e. The van der Waals surface area contributed by atoms with Crippen LogP contribution in [0.3, 0.4) is 0 Å². The lowest BCUT2D eigenvalue weighted by molar-refractivity contribution is -0.156. The van der Waals surface area contributed by atoms with Crippen molar-refractivity contribution >= 4 is 29.1 Å². The van der Waals surface area contributed by atoms with Gasteiger partial charge in [0.1, 0.15) is 0 Å². The molecule has 2 aliphatic rings. The number of carbonyl (C=O) groups is 3. The number of rotatable bonds is 4. The molecule has 1 aromatic rings. The molecule has 2 saturated heterocycles. The average molecular weight is 393 g/mol. The van der Waals surface area contributed by atoms with Gasteiger partial charge in [0.25, 0.3) is 11.8 Å². The zero-order chi connectivity index (χ0) is 19.1. The lowest BCUT2D eigenvalue weighted by Crippen LogP contribution is -2.43. The maximum absolute atomic E-state index is 12.5. The van der Waals surface area contributed by atoms with Crippen LogP contribution in [-0.4, -0.2) is 60.4 Å². The molecule has 3 rings (SSSR count). The highest BCUT2D eigenvalue weighted by Crippen LogP contribution is 2.21. The van der Waals surface area contributed by atoms with E-state index in [9.17, 15) is 14.4 Å². The summed E-state index contributed by atoms with van der Waals surface area (Å²) >= 11 is 1.41. The normalized spacial score (nSPS) is 21.3. The fourth-order valence-electron chi connectivity index (χ4n) is 3.75. The van der Waals surface area contributed by atoms with E-state index >= 15 is 0 Å². The van der Waals surface area contributed by atoms with Gasteiger partial charge in [-0.15, -0.1) is 11.3 Å². The van der Waals surface area contributed by atoms with Crippen molar-refractivity contribution in [2.24, 2.45) is 5.92 Å². The molecular weight excluding hydrogens is 364 g/mol. The number of ether oxygens (including phenoxy) is 1. The fourth-order valence-corrected chi connectivity index (χ4v) is 4.44. The van der Waals surface area contributed by atoms with E-state index in [2.05, 4.69) is 0 Å². The van der Waals surface area contributed by atoms with Gasteiger partial charge >= 0.3 is 5.97 Å². The summed E-state index contributed by atoms with van der Waals surface area (Å²) in [6.45, 7) is 2.35. The maximum atomic E-state index is 12.5. The van der Waals surface area contributed by atoms with Crippen molar-refractivity contribution in [3.05, 3.63) is 22.4 Å². The molecule has 1 atom stereocenters. The number of hydrogen-bond acceptors (Lipinski definition) is 5. The van der Waals surface area contributed by atoms with E-state index in [0.29, 0.717) is 24.4 Å². The Labute approximate surface area is 164 Å². The quantitative estimate of drug-likeness (QED) is 0.739. The molecule has 0 bridgehead atoms. The first-order valence-corrected chi connectivity index (χ1v) is 10.8. The highest BCUT2D eigenvalue weighted by atomic mass is 32.1. The van der Waals surface area contributed by atoms with Crippen LogP contribution in [-0.2, 0) is 14.3 Å². The average Bonchev–Trinajstić information content (AvgIpc) is 3.20. The second kappa shape index (κ2) is 9.88. The molecule has 0 spiro atoms. The van der Waals surface area contributed by atoms with E-state index in [0.717, 1.165) is 45.2 Å². The van der Waals surface area contributed by atoms with Gasteiger partial charge in [0.15, 0.2) is 6.61 Å². The summed E-state index contributed by atoms with van der Waals surface area (Å²) in [5.74, 6) is -0.839. The number of carbonyl (C=O) groups excluding carboxylic acids is 3. The molecule has 0 N–H and O–H groups in total. The predicted molar refractivity (Wildman–Crippen MR) is 104 cm³/mol. The highest BCUT2D eigenvalue weighted by molar-refractivity contribution is 7.12. The molecule has 2 amide bonds. The molecule has 2 aliphatic heterocycles. The van der Waals surface area contributed by atoms with Crippen LogP contribution in [0.15, 0.2) is 17.5 Å². The number of likely N-dealkylation sites (tertiary alicyclic amines) is 2. The molecule has 1 unspecified atom stereocenters. The molecule has 6 nitrogen and oxygen atoms in total. The zero-order valence-electron chi connectivity index (χ0n) is 15.7. The summed E-state index contributed by atoms with van der Waals surface area (Å²) in [4.78, 5) is 41.5. The zero-order valence-corrected chi connectivity index (χ0v) is 16.5. The predicted octanol–water partition coefficient (Wildman–Crippen LogP) is 2.94. The van der Waals surface area contributed by atoms with Crippen molar-refractivity contribution in [2.75, 3.05) is 32.8 Å². The van der Waals surface area contributed by atoms with Crippen LogP contribution in [0.4, 0.5) is 0 Å². The van der Waals surface area contributed by atoms with Crippen molar-refractivity contribution in [1.29, 1.82) is 0 Å². The minimum Gasteiger partial charge on any atom is -0.455 e. The summed E-state index contributed by atoms with van der Waals surface area (Å²) in [5.41, 5.74) is 0. The molecule has 7 heteroatoms. The van der Waals surface area contributed by atoms with Crippen molar-refractivity contribution in [3.63, 3.8) is 0 Å². The van der Waals surface area contributed by atoms with Crippen LogP contribution in [0.25, 0.3) is 0 Å². The van der Waals surface area contributed by atoms with E-state index < -0.39 is 0 Å². The smallest absolute Gasteiger partial charge is 0.311 e. The van der Waals surface area contributed by atoms with Crippen LogP contribution in [0.2, 0.25) is 0 Å². The van der Waals surface area contributed by atoms with Gasteiger partial charge in [-0.25, -0.2) is 0 Å². The van der Waals surface area contributed by atoms with Crippen molar-refractivity contribution in [2.45, 2.75) is 44.9 Å². The Morgan fingerprint density at radius 1 is 1.00 bits per heavy atom. The first-order chi connectivity index (χ1) is 13.1. The van der Waals surface area contributed by atoms with Crippen molar-refractivity contribution in [3.8, 4) is 0 Å². The van der Waals surface area contributed by atoms with Gasteiger partial charge in [0.2, 0.25) is 0 Å². The topological polar surface area (TPSA) is 66.9 Å². The van der Waals surface area contributed by atoms with E-state index in [1.54, 1.807) is 11.0 Å². The summed E-state index contributed by atoms with van der Waals surface area (Å²) in [6.07, 6.45) is 7.05.